The van der Waals surface area contributed by atoms with Crippen molar-refractivity contribution in [1.82, 2.24) is 4.90 Å². The molecule has 0 aliphatic carbocycles. The number of primary amides is 1. The maximum Gasteiger partial charge on any atom is 0.264 e. The molecule has 0 radical (unpaired) electrons. The van der Waals surface area contributed by atoms with E-state index in [0.717, 1.165) is 4.70 Å². The van der Waals surface area contributed by atoms with Gasteiger partial charge in [-0.05, 0) is 29.7 Å². The molecule has 2 N–H and O–H groups in total. The van der Waals surface area contributed by atoms with Gasteiger partial charge in [-0.2, -0.15) is 0 Å². The first kappa shape index (κ1) is 12.5. The highest BCUT2D eigenvalue weighted by atomic mass is 32.1. The van der Waals surface area contributed by atoms with E-state index in [2.05, 4.69) is 0 Å². The van der Waals surface area contributed by atoms with Crippen LogP contribution < -0.4 is 5.73 Å². The van der Waals surface area contributed by atoms with Crippen molar-refractivity contribution in [3.8, 4) is 0 Å². The lowest BCUT2D eigenvalue weighted by molar-refractivity contribution is -0.118. The van der Waals surface area contributed by atoms with Crippen LogP contribution in [0.1, 0.15) is 9.67 Å². The highest BCUT2D eigenvalue weighted by Gasteiger charge is 2.16. The van der Waals surface area contributed by atoms with Gasteiger partial charge in [0.1, 0.15) is 5.82 Å². The van der Waals surface area contributed by atoms with Crippen molar-refractivity contribution >= 4 is 33.2 Å². The molecule has 0 aliphatic heterocycles. The molecule has 1 aromatic carbocycles. The van der Waals surface area contributed by atoms with Crippen molar-refractivity contribution in [2.45, 2.75) is 0 Å². The van der Waals surface area contributed by atoms with E-state index in [9.17, 15) is 14.0 Å². The summed E-state index contributed by atoms with van der Waals surface area (Å²) in [5, 5.41) is 0.677. The summed E-state index contributed by atoms with van der Waals surface area (Å²) in [5.74, 6) is -1.21. The van der Waals surface area contributed by atoms with Crippen LogP contribution in [0.3, 0.4) is 0 Å². The number of fused-ring (bicyclic) bond motifs is 1. The molecule has 0 fully saturated rings. The summed E-state index contributed by atoms with van der Waals surface area (Å²) in [7, 11) is 1.50. The Bertz CT molecular complexity index is 624. The average molecular weight is 266 g/mol. The fraction of sp³-hybridized carbons (Fsp3) is 0.167. The maximum absolute atomic E-state index is 13.0. The van der Waals surface area contributed by atoms with Crippen molar-refractivity contribution in [2.75, 3.05) is 13.6 Å². The van der Waals surface area contributed by atoms with Crippen LogP contribution in [0.2, 0.25) is 0 Å². The molecule has 0 bridgehead atoms. The minimum Gasteiger partial charge on any atom is -0.368 e. The van der Waals surface area contributed by atoms with Crippen LogP contribution >= 0.6 is 11.3 Å². The summed E-state index contributed by atoms with van der Waals surface area (Å²) in [6.07, 6.45) is 0. The number of nitrogens with two attached hydrogens (primary N) is 1. The van der Waals surface area contributed by atoms with E-state index in [4.69, 9.17) is 5.73 Å². The third kappa shape index (κ3) is 2.48. The Labute approximate surface area is 107 Å². The van der Waals surface area contributed by atoms with Gasteiger partial charge in [0.15, 0.2) is 0 Å². The van der Waals surface area contributed by atoms with Gasteiger partial charge < -0.3 is 10.6 Å². The quantitative estimate of drug-likeness (QED) is 0.917. The van der Waals surface area contributed by atoms with Crippen LogP contribution in [0, 0.1) is 5.82 Å². The van der Waals surface area contributed by atoms with E-state index in [1.54, 1.807) is 12.1 Å². The molecule has 0 saturated carbocycles. The molecular formula is C12H11FN2O2S. The van der Waals surface area contributed by atoms with Crippen LogP contribution in [0.4, 0.5) is 4.39 Å². The first-order valence-electron chi connectivity index (χ1n) is 5.20. The van der Waals surface area contributed by atoms with Gasteiger partial charge in [0.2, 0.25) is 5.91 Å². The normalized spacial score (nSPS) is 10.6. The van der Waals surface area contributed by atoms with Crippen LogP contribution in [-0.4, -0.2) is 30.3 Å². The van der Waals surface area contributed by atoms with E-state index in [1.165, 1.54) is 35.4 Å². The van der Waals surface area contributed by atoms with Crippen LogP contribution in [-0.2, 0) is 4.79 Å². The lowest BCUT2D eigenvalue weighted by atomic mass is 10.2. The Hall–Kier alpha value is -1.95. The van der Waals surface area contributed by atoms with Gasteiger partial charge in [0.05, 0.1) is 11.4 Å². The zero-order valence-corrected chi connectivity index (χ0v) is 10.5. The zero-order valence-electron chi connectivity index (χ0n) is 9.64. The van der Waals surface area contributed by atoms with E-state index in [0.29, 0.717) is 10.3 Å². The molecule has 0 unspecified atom stereocenters. The molecule has 1 aromatic heterocycles. The molecule has 6 heteroatoms. The standard InChI is InChI=1S/C12H11FN2O2S/c1-15(6-11(14)16)12(17)10-5-7-4-8(13)2-3-9(7)18-10/h2-5H,6H2,1H3,(H2,14,16). The van der Waals surface area contributed by atoms with E-state index >= 15 is 0 Å². The third-order valence-corrected chi connectivity index (χ3v) is 3.53. The second-order valence-electron chi connectivity index (χ2n) is 3.92. The lowest BCUT2D eigenvalue weighted by Crippen LogP contribution is -2.34. The molecule has 2 amide bonds. The molecule has 4 nitrogen and oxygen atoms in total. The Balaban J connectivity index is 2.30. The molecule has 2 rings (SSSR count). The first-order valence-corrected chi connectivity index (χ1v) is 6.02. The number of benzene rings is 1. The predicted octanol–water partition coefficient (Wildman–Crippen LogP) is 1.60. The van der Waals surface area contributed by atoms with Gasteiger partial charge in [-0.1, -0.05) is 0 Å². The van der Waals surface area contributed by atoms with Crippen LogP contribution in [0.25, 0.3) is 10.1 Å². The number of nitrogens with zero attached hydrogens (tertiary/aromatic N) is 1. The summed E-state index contributed by atoms with van der Waals surface area (Å²) < 4.78 is 13.9. The van der Waals surface area contributed by atoms with Gasteiger partial charge in [-0.3, -0.25) is 9.59 Å². The number of halogens is 1. The largest absolute Gasteiger partial charge is 0.368 e. The minimum atomic E-state index is -0.571. The number of hydrogen-bond acceptors (Lipinski definition) is 3. The number of hydrogen-bond donors (Lipinski definition) is 1. The summed E-state index contributed by atoms with van der Waals surface area (Å²) in [6, 6.07) is 5.96. The molecule has 2 aromatic rings. The van der Waals surface area contributed by atoms with Gasteiger partial charge in [-0.25, -0.2) is 4.39 Å². The highest BCUT2D eigenvalue weighted by molar-refractivity contribution is 7.20. The molecule has 1 heterocycles. The van der Waals surface area contributed by atoms with Gasteiger partial charge in [0.25, 0.3) is 5.91 Å². The van der Waals surface area contributed by atoms with Crippen molar-refractivity contribution < 1.29 is 14.0 Å². The molecule has 0 aliphatic rings. The molecule has 18 heavy (non-hydrogen) atoms. The number of carbonyl (C=O) groups is 2. The van der Waals surface area contributed by atoms with Gasteiger partial charge >= 0.3 is 0 Å². The number of likely N-dealkylation sites (N-methyl/N-ethyl adjacent to an activating group) is 1. The number of amides is 2. The fourth-order valence-corrected chi connectivity index (χ4v) is 2.65. The highest BCUT2D eigenvalue weighted by Crippen LogP contribution is 2.26. The Morgan fingerprint density at radius 3 is 2.78 bits per heavy atom. The van der Waals surface area contributed by atoms with Crippen LogP contribution in [0.15, 0.2) is 24.3 Å². The van der Waals surface area contributed by atoms with Crippen molar-refractivity contribution in [2.24, 2.45) is 5.73 Å². The summed E-state index contributed by atoms with van der Waals surface area (Å²) >= 11 is 1.26. The smallest absolute Gasteiger partial charge is 0.264 e. The monoisotopic (exact) mass is 266 g/mol. The first-order chi connectivity index (χ1) is 8.47. The summed E-state index contributed by atoms with van der Waals surface area (Å²) in [6.45, 7) is -0.137. The average Bonchev–Trinajstić information content (AvgIpc) is 2.69. The van der Waals surface area contributed by atoms with Crippen molar-refractivity contribution in [3.63, 3.8) is 0 Å². The molecule has 0 saturated heterocycles. The molecule has 0 spiro atoms. The number of thiophene rings is 1. The Morgan fingerprint density at radius 2 is 2.11 bits per heavy atom. The van der Waals surface area contributed by atoms with Crippen LogP contribution in [0.5, 0.6) is 0 Å². The zero-order chi connectivity index (χ0) is 13.3. The van der Waals surface area contributed by atoms with E-state index in [1.807, 2.05) is 0 Å². The minimum absolute atomic E-state index is 0.137. The van der Waals surface area contributed by atoms with Crippen molar-refractivity contribution in [1.29, 1.82) is 0 Å². The maximum atomic E-state index is 13.0. The van der Waals surface area contributed by atoms with Crippen molar-refractivity contribution in [3.05, 3.63) is 35.0 Å². The van der Waals surface area contributed by atoms with Gasteiger partial charge in [-0.15, -0.1) is 11.3 Å². The third-order valence-electron chi connectivity index (χ3n) is 2.43. The molecule has 94 valence electrons. The summed E-state index contributed by atoms with van der Waals surface area (Å²) in [5.41, 5.74) is 5.03. The molecule has 0 atom stereocenters. The second-order valence-corrected chi connectivity index (χ2v) is 5.00. The van der Waals surface area contributed by atoms with Gasteiger partial charge in [0, 0.05) is 11.7 Å². The fourth-order valence-electron chi connectivity index (χ4n) is 1.61. The predicted molar refractivity (Wildman–Crippen MR) is 67.9 cm³/mol. The lowest BCUT2D eigenvalue weighted by Gasteiger charge is -2.13. The number of rotatable bonds is 3. The summed E-state index contributed by atoms with van der Waals surface area (Å²) in [4.78, 5) is 24.4. The van der Waals surface area contributed by atoms with E-state index < -0.39 is 5.91 Å². The Kier molecular flexibility index (Phi) is 3.29. The molecular weight excluding hydrogens is 255 g/mol. The second kappa shape index (κ2) is 4.73. The Morgan fingerprint density at radius 1 is 1.39 bits per heavy atom. The SMILES string of the molecule is CN(CC(N)=O)C(=O)c1cc2cc(F)ccc2s1. The topological polar surface area (TPSA) is 63.4 Å². The van der Waals surface area contributed by atoms with E-state index in [-0.39, 0.29) is 18.3 Å². The number of carbonyl (C=O) groups excluding carboxylic acids is 2.